The highest BCUT2D eigenvalue weighted by Gasteiger charge is 2.34. The van der Waals surface area contributed by atoms with Gasteiger partial charge in [-0.2, -0.15) is 0 Å². The monoisotopic (exact) mass is 403 g/mol. The zero-order valence-electron chi connectivity index (χ0n) is 16.1. The van der Waals surface area contributed by atoms with E-state index in [-0.39, 0.29) is 30.6 Å². The van der Waals surface area contributed by atoms with Crippen LogP contribution in [0.4, 0.5) is 11.4 Å². The lowest BCUT2D eigenvalue weighted by Crippen LogP contribution is -2.43. The number of anilines is 2. The Labute approximate surface area is 171 Å². The van der Waals surface area contributed by atoms with Gasteiger partial charge in [0.25, 0.3) is 0 Å². The molecule has 1 atom stereocenters. The second-order valence-corrected chi connectivity index (χ2v) is 6.86. The van der Waals surface area contributed by atoms with E-state index in [1.807, 2.05) is 37.3 Å². The summed E-state index contributed by atoms with van der Waals surface area (Å²) in [7, 11) is 1.57. The first-order valence-corrected chi connectivity index (χ1v) is 9.07. The molecule has 1 aliphatic heterocycles. The second-order valence-electron chi connectivity index (χ2n) is 6.86. The molecule has 2 aromatic carbocycles. The number of halogens is 1. The number of nitrogens with one attached hydrogen (secondary N) is 1. The maximum absolute atomic E-state index is 12.8. The van der Waals surface area contributed by atoms with Crippen LogP contribution in [-0.2, 0) is 16.0 Å². The maximum atomic E-state index is 12.8. The molecule has 1 saturated heterocycles. The Morgan fingerprint density at radius 2 is 1.93 bits per heavy atom. The van der Waals surface area contributed by atoms with Gasteiger partial charge in [-0.1, -0.05) is 18.2 Å². The van der Waals surface area contributed by atoms with Crippen molar-refractivity contribution in [2.45, 2.75) is 32.2 Å². The van der Waals surface area contributed by atoms with Gasteiger partial charge < -0.3 is 20.7 Å². The molecule has 0 aliphatic carbocycles. The molecule has 150 valence electrons. The third-order valence-corrected chi connectivity index (χ3v) is 4.82. The molecule has 0 saturated carbocycles. The molecule has 3 N–H and O–H groups in total. The van der Waals surface area contributed by atoms with E-state index in [2.05, 4.69) is 5.32 Å². The fourth-order valence-corrected chi connectivity index (χ4v) is 3.38. The van der Waals surface area contributed by atoms with Crippen molar-refractivity contribution in [1.82, 2.24) is 4.90 Å². The Morgan fingerprint density at radius 1 is 1.21 bits per heavy atom. The number of aryl methyl sites for hydroxylation is 1. The Hall–Kier alpha value is -2.73. The molecule has 3 rings (SSSR count). The van der Waals surface area contributed by atoms with Crippen molar-refractivity contribution in [3.63, 3.8) is 0 Å². The molecule has 7 heteroatoms. The van der Waals surface area contributed by atoms with E-state index >= 15 is 0 Å². The highest BCUT2D eigenvalue weighted by atomic mass is 35.5. The third kappa shape index (κ3) is 4.95. The van der Waals surface area contributed by atoms with Gasteiger partial charge in [0.1, 0.15) is 11.8 Å². The van der Waals surface area contributed by atoms with Gasteiger partial charge in [-0.15, -0.1) is 12.4 Å². The molecular weight excluding hydrogens is 378 g/mol. The van der Waals surface area contributed by atoms with Gasteiger partial charge in [-0.25, -0.2) is 0 Å². The predicted molar refractivity (Wildman–Crippen MR) is 113 cm³/mol. The van der Waals surface area contributed by atoms with Crippen molar-refractivity contribution < 1.29 is 14.3 Å². The Balaban J connectivity index is 0.00000280. The summed E-state index contributed by atoms with van der Waals surface area (Å²) in [6.07, 6.45) is 1.74. The van der Waals surface area contributed by atoms with Crippen molar-refractivity contribution >= 4 is 35.6 Å². The largest absolute Gasteiger partial charge is 0.495 e. The van der Waals surface area contributed by atoms with E-state index in [1.54, 1.807) is 24.1 Å². The lowest BCUT2D eigenvalue weighted by Gasteiger charge is -2.24. The Kier molecular flexibility index (Phi) is 7.29. The van der Waals surface area contributed by atoms with Gasteiger partial charge in [-0.05, 0) is 55.2 Å². The minimum atomic E-state index is -0.462. The highest BCUT2D eigenvalue weighted by Crippen LogP contribution is 2.27. The van der Waals surface area contributed by atoms with E-state index in [0.717, 1.165) is 17.5 Å². The number of hydrogen-bond donors (Lipinski definition) is 2. The molecule has 1 fully saturated rings. The molecule has 0 radical (unpaired) electrons. The van der Waals surface area contributed by atoms with Crippen LogP contribution < -0.4 is 15.8 Å². The summed E-state index contributed by atoms with van der Waals surface area (Å²) in [6, 6.07) is 12.4. The van der Waals surface area contributed by atoms with Crippen LogP contribution in [0.3, 0.4) is 0 Å². The molecule has 2 amide bonds. The second kappa shape index (κ2) is 9.46. The Bertz CT molecular complexity index is 839. The number of nitrogens with two attached hydrogens (primary N) is 1. The van der Waals surface area contributed by atoms with Crippen LogP contribution in [0.1, 0.15) is 24.0 Å². The van der Waals surface area contributed by atoms with Crippen LogP contribution >= 0.6 is 12.4 Å². The number of amides is 2. The quantitative estimate of drug-likeness (QED) is 0.751. The number of likely N-dealkylation sites (tertiary alicyclic amines) is 1. The standard InChI is InChI=1S/C21H25N3O3.ClH/c1-14-5-10-19(27-2)17(12-14)23-21(26)18-4-3-11-24(18)20(25)13-15-6-8-16(22)9-7-15;/h5-10,12,18H,3-4,11,13,22H2,1-2H3,(H,23,26);1H. The normalized spacial score (nSPS) is 15.6. The summed E-state index contributed by atoms with van der Waals surface area (Å²) in [5, 5.41) is 2.93. The van der Waals surface area contributed by atoms with Crippen LogP contribution in [0.5, 0.6) is 5.75 Å². The van der Waals surface area contributed by atoms with Crippen LogP contribution in [0.2, 0.25) is 0 Å². The molecule has 0 bridgehead atoms. The number of carbonyl (C=O) groups is 2. The first-order valence-electron chi connectivity index (χ1n) is 9.07. The van der Waals surface area contributed by atoms with Gasteiger partial charge in [0.05, 0.1) is 19.2 Å². The number of methoxy groups -OCH3 is 1. The molecule has 1 aliphatic rings. The van der Waals surface area contributed by atoms with Crippen LogP contribution in [0, 0.1) is 6.92 Å². The summed E-state index contributed by atoms with van der Waals surface area (Å²) in [6.45, 7) is 2.55. The number of ether oxygens (including phenoxy) is 1. The number of benzene rings is 2. The van der Waals surface area contributed by atoms with Crippen molar-refractivity contribution in [2.24, 2.45) is 0 Å². The smallest absolute Gasteiger partial charge is 0.247 e. The summed E-state index contributed by atoms with van der Waals surface area (Å²) in [5.41, 5.74) is 8.89. The van der Waals surface area contributed by atoms with Crippen LogP contribution in [0.15, 0.2) is 42.5 Å². The Morgan fingerprint density at radius 3 is 2.61 bits per heavy atom. The molecule has 0 spiro atoms. The van der Waals surface area contributed by atoms with E-state index in [4.69, 9.17) is 10.5 Å². The topological polar surface area (TPSA) is 84.7 Å². The van der Waals surface area contributed by atoms with Gasteiger partial charge in [0.15, 0.2) is 0 Å². The molecular formula is C21H26ClN3O3. The molecule has 0 aromatic heterocycles. The fourth-order valence-electron chi connectivity index (χ4n) is 3.38. The van der Waals surface area contributed by atoms with Gasteiger partial charge in [0.2, 0.25) is 11.8 Å². The SMILES string of the molecule is COc1ccc(C)cc1NC(=O)C1CCCN1C(=O)Cc1ccc(N)cc1.Cl. The van der Waals surface area contributed by atoms with E-state index in [0.29, 0.717) is 30.1 Å². The summed E-state index contributed by atoms with van der Waals surface area (Å²) < 4.78 is 5.32. The van der Waals surface area contributed by atoms with Gasteiger partial charge >= 0.3 is 0 Å². The summed E-state index contributed by atoms with van der Waals surface area (Å²) >= 11 is 0. The maximum Gasteiger partial charge on any atom is 0.247 e. The fraction of sp³-hybridized carbons (Fsp3) is 0.333. The predicted octanol–water partition coefficient (Wildman–Crippen LogP) is 3.18. The number of nitrogens with zero attached hydrogens (tertiary/aromatic N) is 1. The van der Waals surface area contributed by atoms with Crippen molar-refractivity contribution in [3.8, 4) is 5.75 Å². The van der Waals surface area contributed by atoms with E-state index in [9.17, 15) is 9.59 Å². The third-order valence-electron chi connectivity index (χ3n) is 4.82. The minimum absolute atomic E-state index is 0. The minimum Gasteiger partial charge on any atom is -0.495 e. The molecule has 28 heavy (non-hydrogen) atoms. The van der Waals surface area contributed by atoms with E-state index < -0.39 is 6.04 Å². The number of carbonyl (C=O) groups excluding carboxylic acids is 2. The van der Waals surface area contributed by atoms with Crippen molar-refractivity contribution in [1.29, 1.82) is 0 Å². The average molecular weight is 404 g/mol. The zero-order valence-corrected chi connectivity index (χ0v) is 16.9. The van der Waals surface area contributed by atoms with Crippen LogP contribution in [-0.4, -0.2) is 36.4 Å². The number of nitrogen functional groups attached to an aromatic ring is 1. The van der Waals surface area contributed by atoms with E-state index in [1.165, 1.54) is 0 Å². The molecule has 1 unspecified atom stereocenters. The summed E-state index contributed by atoms with van der Waals surface area (Å²) in [4.78, 5) is 27.2. The zero-order chi connectivity index (χ0) is 19.4. The molecule has 2 aromatic rings. The first kappa shape index (κ1) is 21.6. The number of rotatable bonds is 5. The van der Waals surface area contributed by atoms with Crippen molar-refractivity contribution in [3.05, 3.63) is 53.6 Å². The lowest BCUT2D eigenvalue weighted by atomic mass is 10.1. The number of hydrogen-bond acceptors (Lipinski definition) is 4. The molecule has 6 nitrogen and oxygen atoms in total. The van der Waals surface area contributed by atoms with Gasteiger partial charge in [0, 0.05) is 12.2 Å². The first-order chi connectivity index (χ1) is 13.0. The van der Waals surface area contributed by atoms with Gasteiger partial charge in [-0.3, -0.25) is 9.59 Å². The highest BCUT2D eigenvalue weighted by molar-refractivity contribution is 5.98. The van der Waals surface area contributed by atoms with Crippen molar-refractivity contribution in [2.75, 3.05) is 24.7 Å². The summed E-state index contributed by atoms with van der Waals surface area (Å²) in [5.74, 6) is 0.377. The average Bonchev–Trinajstić information content (AvgIpc) is 3.14. The lowest BCUT2D eigenvalue weighted by molar-refractivity contribution is -0.136. The van der Waals surface area contributed by atoms with Crippen LogP contribution in [0.25, 0.3) is 0 Å². The molecule has 1 heterocycles.